The van der Waals surface area contributed by atoms with Crippen molar-refractivity contribution in [3.8, 4) is 5.69 Å². The highest BCUT2D eigenvalue weighted by atomic mass is 32.2. The van der Waals surface area contributed by atoms with Crippen LogP contribution in [-0.2, 0) is 16.4 Å². The predicted octanol–water partition coefficient (Wildman–Crippen LogP) is 2.02. The second-order valence-corrected chi connectivity index (χ2v) is 7.27. The van der Waals surface area contributed by atoms with E-state index >= 15 is 0 Å². The van der Waals surface area contributed by atoms with Crippen molar-refractivity contribution in [1.82, 2.24) is 24.5 Å². The third-order valence-electron chi connectivity index (χ3n) is 3.69. The molecule has 0 amide bonds. The van der Waals surface area contributed by atoms with Gasteiger partial charge < -0.3 is 4.57 Å². The first-order valence-corrected chi connectivity index (χ1v) is 8.81. The highest BCUT2D eigenvalue weighted by Gasteiger charge is 2.31. The van der Waals surface area contributed by atoms with Crippen LogP contribution in [0.4, 0.5) is 0 Å². The summed E-state index contributed by atoms with van der Waals surface area (Å²) in [4.78, 5) is 3.99. The van der Waals surface area contributed by atoms with Crippen LogP contribution in [-0.4, -0.2) is 33.0 Å². The van der Waals surface area contributed by atoms with E-state index in [9.17, 15) is 8.42 Å². The van der Waals surface area contributed by atoms with Crippen LogP contribution in [0.15, 0.2) is 54.1 Å². The normalized spacial score (nSPS) is 13.1. The molecule has 2 heterocycles. The standard InChI is InChI=1S/C15H17N5O2S/c1-3-19-10-9-16-15(19)23(21,22)12(2)14-11-20(18-17-14)13-7-5-4-6-8-13/h4-12H,3H2,1-2H3/t12-/m1/s1. The summed E-state index contributed by atoms with van der Waals surface area (Å²) >= 11 is 0. The third kappa shape index (κ3) is 2.77. The summed E-state index contributed by atoms with van der Waals surface area (Å²) in [5.41, 5.74) is 1.21. The molecule has 2 aromatic heterocycles. The van der Waals surface area contributed by atoms with Gasteiger partial charge in [0, 0.05) is 18.9 Å². The summed E-state index contributed by atoms with van der Waals surface area (Å²) in [5.74, 6) is 0. The van der Waals surface area contributed by atoms with Crippen molar-refractivity contribution in [2.75, 3.05) is 0 Å². The zero-order valence-electron chi connectivity index (χ0n) is 12.9. The second kappa shape index (κ2) is 5.96. The topological polar surface area (TPSA) is 82.7 Å². The van der Waals surface area contributed by atoms with Gasteiger partial charge in [-0.2, -0.15) is 0 Å². The Labute approximate surface area is 134 Å². The Kier molecular flexibility index (Phi) is 3.99. The number of sulfone groups is 1. The van der Waals surface area contributed by atoms with Crippen LogP contribution < -0.4 is 0 Å². The van der Waals surface area contributed by atoms with E-state index in [4.69, 9.17) is 0 Å². The Balaban J connectivity index is 1.95. The fraction of sp³-hybridized carbons (Fsp3) is 0.267. The molecule has 0 saturated heterocycles. The maximum atomic E-state index is 12.8. The molecular weight excluding hydrogens is 314 g/mol. The van der Waals surface area contributed by atoms with Crippen molar-refractivity contribution in [2.45, 2.75) is 30.8 Å². The molecule has 3 aromatic rings. The molecular formula is C15H17N5O2S. The number of aromatic nitrogens is 5. The van der Waals surface area contributed by atoms with Crippen LogP contribution in [0.2, 0.25) is 0 Å². The van der Waals surface area contributed by atoms with E-state index in [2.05, 4.69) is 15.3 Å². The smallest absolute Gasteiger partial charge is 0.228 e. The van der Waals surface area contributed by atoms with E-state index in [1.807, 2.05) is 37.3 Å². The van der Waals surface area contributed by atoms with Crippen molar-refractivity contribution in [3.63, 3.8) is 0 Å². The molecule has 0 unspecified atom stereocenters. The Morgan fingerprint density at radius 2 is 1.96 bits per heavy atom. The van der Waals surface area contributed by atoms with Crippen molar-refractivity contribution in [1.29, 1.82) is 0 Å². The van der Waals surface area contributed by atoms with E-state index in [0.29, 0.717) is 12.2 Å². The lowest BCUT2D eigenvalue weighted by atomic mass is 10.3. The molecule has 0 saturated carbocycles. The number of hydrogen-bond donors (Lipinski definition) is 0. The molecule has 23 heavy (non-hydrogen) atoms. The van der Waals surface area contributed by atoms with E-state index in [1.54, 1.807) is 28.6 Å². The SMILES string of the molecule is CCn1ccnc1S(=O)(=O)[C@H](C)c1cn(-c2ccccc2)nn1. The van der Waals surface area contributed by atoms with Crippen LogP contribution in [0.1, 0.15) is 24.8 Å². The quantitative estimate of drug-likeness (QED) is 0.714. The average molecular weight is 331 g/mol. The summed E-state index contributed by atoms with van der Waals surface area (Å²) in [7, 11) is -3.62. The van der Waals surface area contributed by atoms with Gasteiger partial charge in [0.2, 0.25) is 15.0 Å². The number of para-hydroxylation sites is 1. The van der Waals surface area contributed by atoms with Crippen LogP contribution in [0.25, 0.3) is 5.69 Å². The molecule has 0 aliphatic heterocycles. The Morgan fingerprint density at radius 1 is 1.22 bits per heavy atom. The minimum Gasteiger partial charge on any atom is -0.322 e. The maximum Gasteiger partial charge on any atom is 0.228 e. The third-order valence-corrected chi connectivity index (χ3v) is 5.71. The Morgan fingerprint density at radius 3 is 2.65 bits per heavy atom. The van der Waals surface area contributed by atoms with Gasteiger partial charge in [0.1, 0.15) is 10.9 Å². The minimum atomic E-state index is -3.62. The molecule has 8 heteroatoms. The number of aryl methyl sites for hydroxylation is 1. The molecule has 120 valence electrons. The number of benzene rings is 1. The number of rotatable bonds is 5. The maximum absolute atomic E-state index is 12.8. The van der Waals surface area contributed by atoms with Crippen molar-refractivity contribution in [2.24, 2.45) is 0 Å². The summed E-state index contributed by atoms with van der Waals surface area (Å²) in [6.45, 7) is 4.01. The van der Waals surface area contributed by atoms with Gasteiger partial charge in [-0.05, 0) is 26.0 Å². The molecule has 0 aliphatic rings. The van der Waals surface area contributed by atoms with Gasteiger partial charge in [-0.1, -0.05) is 23.4 Å². The molecule has 1 aromatic carbocycles. The van der Waals surface area contributed by atoms with Crippen LogP contribution in [0.5, 0.6) is 0 Å². The molecule has 0 aliphatic carbocycles. The lowest BCUT2D eigenvalue weighted by Crippen LogP contribution is -2.16. The molecule has 1 atom stereocenters. The zero-order valence-corrected chi connectivity index (χ0v) is 13.7. The van der Waals surface area contributed by atoms with Gasteiger partial charge >= 0.3 is 0 Å². The predicted molar refractivity (Wildman–Crippen MR) is 84.9 cm³/mol. The Hall–Kier alpha value is -2.48. The van der Waals surface area contributed by atoms with Crippen LogP contribution >= 0.6 is 0 Å². The Bertz CT molecular complexity index is 899. The largest absolute Gasteiger partial charge is 0.322 e. The van der Waals surface area contributed by atoms with E-state index in [-0.39, 0.29) is 5.16 Å². The first kappa shape index (κ1) is 15.4. The van der Waals surface area contributed by atoms with Crippen molar-refractivity contribution >= 4 is 9.84 Å². The highest BCUT2D eigenvalue weighted by Crippen LogP contribution is 2.26. The second-order valence-electron chi connectivity index (χ2n) is 5.11. The van der Waals surface area contributed by atoms with E-state index in [0.717, 1.165) is 5.69 Å². The number of hydrogen-bond acceptors (Lipinski definition) is 5. The molecule has 3 rings (SSSR count). The lowest BCUT2D eigenvalue weighted by molar-refractivity contribution is 0.558. The summed E-state index contributed by atoms with van der Waals surface area (Å²) in [6.07, 6.45) is 4.78. The van der Waals surface area contributed by atoms with Gasteiger partial charge in [0.05, 0.1) is 11.9 Å². The van der Waals surface area contributed by atoms with Crippen LogP contribution in [0, 0.1) is 0 Å². The lowest BCUT2D eigenvalue weighted by Gasteiger charge is -2.10. The molecule has 0 radical (unpaired) electrons. The van der Waals surface area contributed by atoms with Gasteiger partial charge in [0.15, 0.2) is 0 Å². The van der Waals surface area contributed by atoms with Gasteiger partial charge in [-0.25, -0.2) is 18.1 Å². The highest BCUT2D eigenvalue weighted by molar-refractivity contribution is 7.91. The first-order valence-electron chi connectivity index (χ1n) is 7.26. The van der Waals surface area contributed by atoms with E-state index in [1.165, 1.54) is 6.20 Å². The van der Waals surface area contributed by atoms with Gasteiger partial charge in [-0.15, -0.1) is 5.10 Å². The first-order chi connectivity index (χ1) is 11.0. The van der Waals surface area contributed by atoms with Gasteiger partial charge in [0.25, 0.3) is 0 Å². The number of nitrogens with zero attached hydrogens (tertiary/aromatic N) is 5. The molecule has 7 nitrogen and oxygen atoms in total. The molecule has 0 bridgehead atoms. The number of imidazole rings is 1. The van der Waals surface area contributed by atoms with Crippen LogP contribution in [0.3, 0.4) is 0 Å². The fourth-order valence-corrected chi connectivity index (χ4v) is 3.75. The summed E-state index contributed by atoms with van der Waals surface area (Å²) in [6, 6.07) is 9.42. The minimum absolute atomic E-state index is 0.0572. The molecule has 0 N–H and O–H groups in total. The average Bonchev–Trinajstić information content (AvgIpc) is 3.24. The van der Waals surface area contributed by atoms with Crippen molar-refractivity contribution < 1.29 is 8.42 Å². The van der Waals surface area contributed by atoms with E-state index < -0.39 is 15.1 Å². The van der Waals surface area contributed by atoms with Gasteiger partial charge in [-0.3, -0.25) is 0 Å². The summed E-state index contributed by atoms with van der Waals surface area (Å²) in [5, 5.41) is 7.27. The molecule has 0 spiro atoms. The monoisotopic (exact) mass is 331 g/mol. The zero-order chi connectivity index (χ0) is 16.4. The fourth-order valence-electron chi connectivity index (χ4n) is 2.28. The van der Waals surface area contributed by atoms with Crippen molar-refractivity contribution in [3.05, 3.63) is 54.6 Å². The molecule has 0 fully saturated rings. The summed E-state index contributed by atoms with van der Waals surface area (Å²) < 4.78 is 28.7.